The average Bonchev–Trinajstić information content (AvgIpc) is 2.30. The van der Waals surface area contributed by atoms with Gasteiger partial charge in [0.15, 0.2) is 0 Å². The number of nitrogens with one attached hydrogen (secondary N) is 1. The number of para-hydroxylation sites is 1. The average molecular weight is 222 g/mol. The third-order valence-electron chi connectivity index (χ3n) is 2.49. The molecule has 1 atom stereocenters. The van der Waals surface area contributed by atoms with E-state index in [1.54, 1.807) is 12.1 Å². The third-order valence-corrected chi connectivity index (χ3v) is 2.49. The fourth-order valence-electron chi connectivity index (χ4n) is 1.42. The van der Waals surface area contributed by atoms with E-state index in [0.29, 0.717) is 18.7 Å². The van der Waals surface area contributed by atoms with Crippen molar-refractivity contribution in [3.8, 4) is 0 Å². The van der Waals surface area contributed by atoms with Gasteiger partial charge in [0.25, 0.3) is 0 Å². The molecule has 16 heavy (non-hydrogen) atoms. The summed E-state index contributed by atoms with van der Waals surface area (Å²) in [5, 5.41) is 11.9. The van der Waals surface area contributed by atoms with Gasteiger partial charge in [-0.25, -0.2) is 0 Å². The Bertz CT molecular complexity index is 353. The third kappa shape index (κ3) is 3.32. The summed E-state index contributed by atoms with van der Waals surface area (Å²) in [5.41, 5.74) is 6.78. The summed E-state index contributed by atoms with van der Waals surface area (Å²) in [7, 11) is 0. The molecule has 0 aliphatic carbocycles. The molecule has 4 heteroatoms. The maximum absolute atomic E-state index is 11.7. The fourth-order valence-corrected chi connectivity index (χ4v) is 1.42. The Balaban J connectivity index is 2.69. The Morgan fingerprint density at radius 1 is 1.50 bits per heavy atom. The van der Waals surface area contributed by atoms with Gasteiger partial charge >= 0.3 is 0 Å². The standard InChI is InChI=1S/C12H18N2O2/c1-9(6-7-13)12(16)14-11-5-3-2-4-10(11)8-15/h2-5,9,15H,6-8,13H2,1H3,(H,14,16). The molecule has 0 aliphatic heterocycles. The lowest BCUT2D eigenvalue weighted by Gasteiger charge is -2.13. The highest BCUT2D eigenvalue weighted by Crippen LogP contribution is 2.16. The van der Waals surface area contributed by atoms with E-state index in [4.69, 9.17) is 10.8 Å². The van der Waals surface area contributed by atoms with Crippen LogP contribution in [0, 0.1) is 5.92 Å². The topological polar surface area (TPSA) is 75.4 Å². The van der Waals surface area contributed by atoms with E-state index in [9.17, 15) is 4.79 Å². The van der Waals surface area contributed by atoms with E-state index >= 15 is 0 Å². The predicted octanol–water partition coefficient (Wildman–Crippen LogP) is 1.10. The van der Waals surface area contributed by atoms with E-state index in [1.165, 1.54) is 0 Å². The Kier molecular flexibility index (Phi) is 4.95. The summed E-state index contributed by atoms with van der Waals surface area (Å²) in [6, 6.07) is 7.20. The Morgan fingerprint density at radius 2 is 2.19 bits per heavy atom. The summed E-state index contributed by atoms with van der Waals surface area (Å²) in [6.07, 6.45) is 0.660. The second-order valence-corrected chi connectivity index (χ2v) is 3.78. The molecule has 0 saturated carbocycles. The highest BCUT2D eigenvalue weighted by Gasteiger charge is 2.13. The van der Waals surface area contributed by atoms with Crippen LogP contribution in [0.1, 0.15) is 18.9 Å². The van der Waals surface area contributed by atoms with Crippen LogP contribution < -0.4 is 11.1 Å². The van der Waals surface area contributed by atoms with Crippen molar-refractivity contribution in [2.75, 3.05) is 11.9 Å². The van der Waals surface area contributed by atoms with Gasteiger partial charge in [-0.15, -0.1) is 0 Å². The first-order valence-electron chi connectivity index (χ1n) is 5.38. The number of aliphatic hydroxyl groups is 1. The molecule has 0 heterocycles. The van der Waals surface area contributed by atoms with Crippen molar-refractivity contribution in [3.05, 3.63) is 29.8 Å². The Morgan fingerprint density at radius 3 is 2.81 bits per heavy atom. The number of benzene rings is 1. The number of carbonyl (C=O) groups is 1. The first-order valence-corrected chi connectivity index (χ1v) is 5.38. The molecule has 0 aromatic heterocycles. The molecule has 1 unspecified atom stereocenters. The molecule has 0 bridgehead atoms. The second kappa shape index (κ2) is 6.25. The van der Waals surface area contributed by atoms with Gasteiger partial charge in [-0.3, -0.25) is 4.79 Å². The summed E-state index contributed by atoms with van der Waals surface area (Å²) >= 11 is 0. The molecular weight excluding hydrogens is 204 g/mol. The normalized spacial score (nSPS) is 12.2. The molecule has 4 N–H and O–H groups in total. The highest BCUT2D eigenvalue weighted by molar-refractivity contribution is 5.93. The van der Waals surface area contributed by atoms with Crippen LogP contribution in [0.2, 0.25) is 0 Å². The summed E-state index contributed by atoms with van der Waals surface area (Å²) in [6.45, 7) is 2.25. The van der Waals surface area contributed by atoms with Gasteiger partial charge in [0.2, 0.25) is 5.91 Å². The number of anilines is 1. The lowest BCUT2D eigenvalue weighted by molar-refractivity contribution is -0.119. The van der Waals surface area contributed by atoms with Gasteiger partial charge < -0.3 is 16.2 Å². The molecule has 88 valence electrons. The Labute approximate surface area is 95.5 Å². The van der Waals surface area contributed by atoms with Crippen LogP contribution in [0.15, 0.2) is 24.3 Å². The SMILES string of the molecule is CC(CCN)C(=O)Nc1ccccc1CO. The zero-order chi connectivity index (χ0) is 12.0. The van der Waals surface area contributed by atoms with E-state index in [2.05, 4.69) is 5.32 Å². The van der Waals surface area contributed by atoms with Crippen molar-refractivity contribution in [1.82, 2.24) is 0 Å². The number of rotatable bonds is 5. The number of aliphatic hydroxyl groups excluding tert-OH is 1. The molecule has 1 aromatic rings. The highest BCUT2D eigenvalue weighted by atomic mass is 16.3. The zero-order valence-electron chi connectivity index (χ0n) is 9.44. The molecule has 1 aromatic carbocycles. The van der Waals surface area contributed by atoms with E-state index in [1.807, 2.05) is 19.1 Å². The minimum Gasteiger partial charge on any atom is -0.392 e. The van der Waals surface area contributed by atoms with Gasteiger partial charge in [-0.2, -0.15) is 0 Å². The monoisotopic (exact) mass is 222 g/mol. The summed E-state index contributed by atoms with van der Waals surface area (Å²) in [4.78, 5) is 11.7. The smallest absolute Gasteiger partial charge is 0.227 e. The van der Waals surface area contributed by atoms with Crippen LogP contribution in [0.25, 0.3) is 0 Å². The van der Waals surface area contributed by atoms with Crippen LogP contribution in [0.3, 0.4) is 0 Å². The maximum Gasteiger partial charge on any atom is 0.227 e. The molecule has 4 nitrogen and oxygen atoms in total. The van der Waals surface area contributed by atoms with Crippen molar-refractivity contribution < 1.29 is 9.90 Å². The van der Waals surface area contributed by atoms with E-state index in [-0.39, 0.29) is 18.4 Å². The van der Waals surface area contributed by atoms with Crippen molar-refractivity contribution in [3.63, 3.8) is 0 Å². The van der Waals surface area contributed by atoms with E-state index in [0.717, 1.165) is 5.56 Å². The van der Waals surface area contributed by atoms with Crippen molar-refractivity contribution in [2.45, 2.75) is 20.0 Å². The molecule has 1 rings (SSSR count). The lowest BCUT2D eigenvalue weighted by atomic mass is 10.1. The van der Waals surface area contributed by atoms with Crippen molar-refractivity contribution in [2.24, 2.45) is 11.7 Å². The van der Waals surface area contributed by atoms with Gasteiger partial charge in [-0.05, 0) is 19.0 Å². The van der Waals surface area contributed by atoms with Gasteiger partial charge in [-0.1, -0.05) is 25.1 Å². The minimum atomic E-state index is -0.114. The predicted molar refractivity (Wildman–Crippen MR) is 63.8 cm³/mol. The number of amides is 1. The van der Waals surface area contributed by atoms with Gasteiger partial charge in [0.1, 0.15) is 0 Å². The second-order valence-electron chi connectivity index (χ2n) is 3.78. The lowest BCUT2D eigenvalue weighted by Crippen LogP contribution is -2.23. The number of nitrogens with two attached hydrogens (primary N) is 1. The molecule has 0 saturated heterocycles. The fraction of sp³-hybridized carbons (Fsp3) is 0.417. The first-order chi connectivity index (χ1) is 7.69. The van der Waals surface area contributed by atoms with Crippen LogP contribution in [0.5, 0.6) is 0 Å². The largest absolute Gasteiger partial charge is 0.392 e. The maximum atomic E-state index is 11.7. The number of hydrogen-bond acceptors (Lipinski definition) is 3. The molecule has 0 radical (unpaired) electrons. The summed E-state index contributed by atoms with van der Waals surface area (Å²) < 4.78 is 0. The van der Waals surface area contributed by atoms with Crippen LogP contribution in [0.4, 0.5) is 5.69 Å². The molecule has 0 spiro atoms. The molecule has 0 aliphatic rings. The van der Waals surface area contributed by atoms with E-state index < -0.39 is 0 Å². The van der Waals surface area contributed by atoms with Crippen molar-refractivity contribution in [1.29, 1.82) is 0 Å². The van der Waals surface area contributed by atoms with Gasteiger partial charge in [0, 0.05) is 17.2 Å². The molecular formula is C12H18N2O2. The number of carbonyl (C=O) groups excluding carboxylic acids is 1. The summed E-state index contributed by atoms with van der Waals surface area (Å²) in [5.74, 6) is -0.178. The van der Waals surface area contributed by atoms with Crippen LogP contribution in [-0.2, 0) is 11.4 Å². The van der Waals surface area contributed by atoms with Crippen LogP contribution in [-0.4, -0.2) is 17.6 Å². The van der Waals surface area contributed by atoms with Crippen LogP contribution >= 0.6 is 0 Å². The first kappa shape index (κ1) is 12.7. The minimum absolute atomic E-state index is 0.0636. The molecule has 1 amide bonds. The van der Waals surface area contributed by atoms with Gasteiger partial charge in [0.05, 0.1) is 6.61 Å². The Hall–Kier alpha value is -1.39. The number of hydrogen-bond donors (Lipinski definition) is 3. The molecule has 0 fully saturated rings. The quantitative estimate of drug-likeness (QED) is 0.698. The van der Waals surface area contributed by atoms with Crippen molar-refractivity contribution >= 4 is 11.6 Å². The zero-order valence-corrected chi connectivity index (χ0v) is 9.44.